The van der Waals surface area contributed by atoms with Gasteiger partial charge in [0.25, 0.3) is 0 Å². The number of hydrogen-bond acceptors (Lipinski definition) is 3. The van der Waals surface area contributed by atoms with E-state index >= 15 is 0 Å². The first-order valence-electron chi connectivity index (χ1n) is 7.26. The van der Waals surface area contributed by atoms with E-state index in [4.69, 9.17) is 0 Å². The van der Waals surface area contributed by atoms with Crippen molar-refractivity contribution < 1.29 is 14.4 Å². The molecule has 0 saturated heterocycles. The van der Waals surface area contributed by atoms with Gasteiger partial charge in [-0.1, -0.05) is 54.6 Å². The number of carbonyl (C=O) groups is 3. The van der Waals surface area contributed by atoms with Gasteiger partial charge >= 0.3 is 0 Å². The summed E-state index contributed by atoms with van der Waals surface area (Å²) in [5.74, 6) is -0.110. The Balaban J connectivity index is 2.18. The Morgan fingerprint density at radius 3 is 2.14 bits per heavy atom. The van der Waals surface area contributed by atoms with E-state index < -0.39 is 0 Å². The summed E-state index contributed by atoms with van der Waals surface area (Å²) in [6.07, 6.45) is 0.666. The fourth-order valence-corrected chi connectivity index (χ4v) is 2.26. The number of Topliss-reactive ketones (excluding diaryl/α,β-unsaturated/α-hetero) is 2. The lowest BCUT2D eigenvalue weighted by Gasteiger charge is -2.08. The zero-order valence-corrected chi connectivity index (χ0v) is 12.5. The van der Waals surface area contributed by atoms with Crippen LogP contribution >= 0.6 is 0 Å². The van der Waals surface area contributed by atoms with Gasteiger partial charge in [0.15, 0.2) is 5.78 Å². The minimum atomic E-state index is -0.0874. The minimum absolute atomic E-state index is 0.00185. The number of ketones is 3. The van der Waals surface area contributed by atoms with E-state index in [9.17, 15) is 14.4 Å². The van der Waals surface area contributed by atoms with Crippen molar-refractivity contribution in [3.05, 3.63) is 71.3 Å². The molecule has 0 aromatic heterocycles. The van der Waals surface area contributed by atoms with Crippen molar-refractivity contribution in [2.45, 2.75) is 26.2 Å². The zero-order valence-electron chi connectivity index (χ0n) is 12.5. The molecule has 0 saturated carbocycles. The molecule has 3 nitrogen and oxygen atoms in total. The van der Waals surface area contributed by atoms with E-state index in [0.29, 0.717) is 16.7 Å². The Morgan fingerprint density at radius 2 is 1.45 bits per heavy atom. The molecular weight excluding hydrogens is 276 g/mol. The third-order valence-corrected chi connectivity index (χ3v) is 3.44. The van der Waals surface area contributed by atoms with Crippen molar-refractivity contribution in [3.63, 3.8) is 0 Å². The predicted octanol–water partition coefficient (Wildman–Crippen LogP) is 3.40. The maximum Gasteiger partial charge on any atom is 0.193 e. The van der Waals surface area contributed by atoms with Gasteiger partial charge in [-0.3, -0.25) is 9.59 Å². The van der Waals surface area contributed by atoms with Crippen LogP contribution in [0.4, 0.5) is 0 Å². The highest BCUT2D eigenvalue weighted by molar-refractivity contribution is 6.10. The summed E-state index contributed by atoms with van der Waals surface area (Å²) in [4.78, 5) is 35.5. The van der Waals surface area contributed by atoms with Gasteiger partial charge in [-0.15, -0.1) is 0 Å². The molecule has 0 unspecified atom stereocenters. The van der Waals surface area contributed by atoms with E-state index in [-0.39, 0.29) is 36.6 Å². The second kappa shape index (κ2) is 7.46. The molecule has 0 aliphatic carbocycles. The minimum Gasteiger partial charge on any atom is -0.300 e. The van der Waals surface area contributed by atoms with Crippen LogP contribution in [0.25, 0.3) is 0 Å². The van der Waals surface area contributed by atoms with Crippen LogP contribution in [0.15, 0.2) is 54.6 Å². The largest absolute Gasteiger partial charge is 0.300 e. The molecular formula is C19H18O3. The lowest BCUT2D eigenvalue weighted by Crippen LogP contribution is -2.10. The molecule has 2 aromatic carbocycles. The highest BCUT2D eigenvalue weighted by Gasteiger charge is 2.15. The van der Waals surface area contributed by atoms with Gasteiger partial charge < -0.3 is 4.79 Å². The molecule has 0 N–H and O–H groups in total. The fraction of sp³-hybridized carbons (Fsp3) is 0.211. The predicted molar refractivity (Wildman–Crippen MR) is 84.9 cm³/mol. The zero-order chi connectivity index (χ0) is 15.9. The van der Waals surface area contributed by atoms with E-state index in [2.05, 4.69) is 0 Å². The Bertz CT molecular complexity index is 687. The lowest BCUT2D eigenvalue weighted by molar-refractivity contribution is -0.122. The Labute approximate surface area is 130 Å². The number of benzene rings is 2. The second-order valence-corrected chi connectivity index (χ2v) is 5.27. The molecule has 3 heteroatoms. The van der Waals surface area contributed by atoms with Gasteiger partial charge in [0.1, 0.15) is 11.6 Å². The van der Waals surface area contributed by atoms with Crippen molar-refractivity contribution in [2.75, 3.05) is 0 Å². The van der Waals surface area contributed by atoms with Gasteiger partial charge in [-0.25, -0.2) is 0 Å². The molecule has 112 valence electrons. The van der Waals surface area contributed by atoms with Gasteiger partial charge in [0.05, 0.1) is 0 Å². The van der Waals surface area contributed by atoms with Crippen molar-refractivity contribution in [2.24, 2.45) is 0 Å². The van der Waals surface area contributed by atoms with E-state index in [0.717, 1.165) is 0 Å². The van der Waals surface area contributed by atoms with Crippen LogP contribution in [0.3, 0.4) is 0 Å². The Hall–Kier alpha value is -2.55. The molecule has 0 aliphatic rings. The van der Waals surface area contributed by atoms with Crippen molar-refractivity contribution in [3.8, 4) is 0 Å². The van der Waals surface area contributed by atoms with Crippen molar-refractivity contribution in [1.82, 2.24) is 0 Å². The summed E-state index contributed by atoms with van der Waals surface area (Å²) in [5.41, 5.74) is 1.86. The van der Waals surface area contributed by atoms with E-state index in [1.807, 2.05) is 24.3 Å². The van der Waals surface area contributed by atoms with Gasteiger partial charge in [-0.2, -0.15) is 0 Å². The average Bonchev–Trinajstić information content (AvgIpc) is 2.53. The normalized spacial score (nSPS) is 10.2. The third-order valence-electron chi connectivity index (χ3n) is 3.44. The van der Waals surface area contributed by atoms with Crippen molar-refractivity contribution >= 4 is 17.3 Å². The van der Waals surface area contributed by atoms with E-state index in [1.54, 1.807) is 30.3 Å². The summed E-state index contributed by atoms with van der Waals surface area (Å²) >= 11 is 0. The van der Waals surface area contributed by atoms with Crippen LogP contribution in [0.2, 0.25) is 0 Å². The number of rotatable bonds is 7. The number of carbonyl (C=O) groups excluding carboxylic acids is 3. The molecule has 22 heavy (non-hydrogen) atoms. The molecule has 0 radical (unpaired) electrons. The van der Waals surface area contributed by atoms with Crippen LogP contribution in [-0.4, -0.2) is 17.3 Å². The standard InChI is InChI=1S/C19H18O3/c1-14(20)11-12-17(21)13-16-9-5-6-10-18(16)19(22)15-7-3-2-4-8-15/h2-10H,11-13H2,1H3. The van der Waals surface area contributed by atoms with E-state index in [1.165, 1.54) is 6.92 Å². The lowest BCUT2D eigenvalue weighted by atomic mass is 9.94. The highest BCUT2D eigenvalue weighted by Crippen LogP contribution is 2.16. The molecule has 2 rings (SSSR count). The maximum absolute atomic E-state index is 12.5. The Morgan fingerprint density at radius 1 is 0.818 bits per heavy atom. The molecule has 0 atom stereocenters. The first-order chi connectivity index (χ1) is 10.6. The molecule has 0 aliphatic heterocycles. The summed E-state index contributed by atoms with van der Waals surface area (Å²) in [6.45, 7) is 1.47. The summed E-state index contributed by atoms with van der Waals surface area (Å²) < 4.78 is 0. The van der Waals surface area contributed by atoms with Crippen LogP contribution < -0.4 is 0 Å². The fourth-order valence-electron chi connectivity index (χ4n) is 2.26. The SMILES string of the molecule is CC(=O)CCC(=O)Cc1ccccc1C(=O)c1ccccc1. The second-order valence-electron chi connectivity index (χ2n) is 5.27. The van der Waals surface area contributed by atoms with Crippen LogP contribution in [0.1, 0.15) is 41.3 Å². The first-order valence-corrected chi connectivity index (χ1v) is 7.26. The van der Waals surface area contributed by atoms with Crippen LogP contribution in [0.5, 0.6) is 0 Å². The molecule has 0 spiro atoms. The number of hydrogen-bond donors (Lipinski definition) is 0. The highest BCUT2D eigenvalue weighted by atomic mass is 16.1. The summed E-state index contributed by atoms with van der Waals surface area (Å²) in [7, 11) is 0. The first kappa shape index (κ1) is 15.8. The van der Waals surface area contributed by atoms with Gasteiger partial charge in [0.2, 0.25) is 0 Å². The molecule has 0 heterocycles. The molecule has 2 aromatic rings. The average molecular weight is 294 g/mol. The summed E-state index contributed by atoms with van der Waals surface area (Å²) in [6, 6.07) is 16.1. The third kappa shape index (κ3) is 4.22. The van der Waals surface area contributed by atoms with Crippen LogP contribution in [0, 0.1) is 0 Å². The quantitative estimate of drug-likeness (QED) is 0.735. The van der Waals surface area contributed by atoms with Crippen molar-refractivity contribution in [1.29, 1.82) is 0 Å². The Kier molecular flexibility index (Phi) is 5.37. The monoisotopic (exact) mass is 294 g/mol. The molecule has 0 fully saturated rings. The topological polar surface area (TPSA) is 51.2 Å². The smallest absolute Gasteiger partial charge is 0.193 e. The van der Waals surface area contributed by atoms with Gasteiger partial charge in [0, 0.05) is 30.4 Å². The summed E-state index contributed by atoms with van der Waals surface area (Å²) in [5, 5.41) is 0. The van der Waals surface area contributed by atoms with Gasteiger partial charge in [-0.05, 0) is 12.5 Å². The maximum atomic E-state index is 12.5. The molecule has 0 bridgehead atoms. The van der Waals surface area contributed by atoms with Crippen LogP contribution in [-0.2, 0) is 16.0 Å². The molecule has 0 amide bonds.